The van der Waals surface area contributed by atoms with Gasteiger partial charge >= 0.3 is 30.3 Å². The second kappa shape index (κ2) is 21.6. The number of anilines is 4. The fraction of sp³-hybridized carbons (Fsp3) is 0.380. The lowest BCUT2D eigenvalue weighted by atomic mass is 9.92. The second-order valence-electron chi connectivity index (χ2n) is 17.0. The molecule has 2 heterocycles. The van der Waals surface area contributed by atoms with Crippen LogP contribution in [0.4, 0.5) is 53.9 Å². The van der Waals surface area contributed by atoms with Crippen LogP contribution in [-0.2, 0) is 31.4 Å². The van der Waals surface area contributed by atoms with Crippen LogP contribution in [0.1, 0.15) is 81.3 Å². The number of alkyl halides is 6. The summed E-state index contributed by atoms with van der Waals surface area (Å²) in [5, 5.41) is 6.55. The Morgan fingerprint density at radius 1 is 0.809 bits per heavy atom. The molecule has 6 N–H and O–H groups in total. The summed E-state index contributed by atoms with van der Waals surface area (Å²) in [6.45, 7) is 9.68. The number of halogens is 6. The lowest BCUT2D eigenvalue weighted by Gasteiger charge is -2.43. The molecule has 0 saturated carbocycles. The SMILES string of the molecule is CCOC(=O)C1=C(C)N(c2cccc(C(F)(F)F)c2)C(=O)N(CCC[N+]2(CCN[C@@H](/C(C(=O)OCC)=C(/C)Nc3cccc(C(F)(F)F)c3)c3ccc(N)cc3)CCCC2)[C@@H]1c1ccc(N)cc1. The minimum Gasteiger partial charge on any atom is -0.463 e. The van der Waals surface area contributed by atoms with E-state index in [1.165, 1.54) is 36.1 Å². The van der Waals surface area contributed by atoms with Crippen molar-refractivity contribution in [2.24, 2.45) is 0 Å². The molecule has 4 aromatic carbocycles. The van der Waals surface area contributed by atoms with Crippen LogP contribution in [0, 0.1) is 0 Å². The monoisotopic (exact) mass is 950 g/mol. The minimum absolute atomic E-state index is 0.0117. The average Bonchev–Trinajstić information content (AvgIpc) is 3.75. The van der Waals surface area contributed by atoms with E-state index in [-0.39, 0.29) is 53.7 Å². The number of nitrogens with two attached hydrogens (primary N) is 2. The van der Waals surface area contributed by atoms with Crippen LogP contribution in [-0.4, -0.2) is 79.8 Å². The number of ether oxygens (including phenoxy) is 2. The molecule has 0 aliphatic carbocycles. The van der Waals surface area contributed by atoms with Crippen molar-refractivity contribution in [1.29, 1.82) is 0 Å². The van der Waals surface area contributed by atoms with E-state index in [1.807, 2.05) is 0 Å². The average molecular weight is 951 g/mol. The predicted molar refractivity (Wildman–Crippen MR) is 249 cm³/mol. The third-order valence-corrected chi connectivity index (χ3v) is 12.4. The first kappa shape index (κ1) is 50.9. The molecule has 1 fully saturated rings. The zero-order chi connectivity index (χ0) is 49.4. The summed E-state index contributed by atoms with van der Waals surface area (Å²) < 4.78 is 94.7. The van der Waals surface area contributed by atoms with Gasteiger partial charge in [-0.25, -0.2) is 14.4 Å². The van der Waals surface area contributed by atoms with Crippen LogP contribution in [0.15, 0.2) is 120 Å². The van der Waals surface area contributed by atoms with E-state index in [4.69, 9.17) is 20.9 Å². The number of rotatable bonds is 18. The molecule has 364 valence electrons. The molecular formula is C50H58F6N7O5+. The molecule has 2 amide bonds. The van der Waals surface area contributed by atoms with Gasteiger partial charge in [-0.05, 0) is 99.5 Å². The van der Waals surface area contributed by atoms with Crippen LogP contribution in [0.2, 0.25) is 0 Å². The minimum atomic E-state index is -4.70. The molecule has 1 saturated heterocycles. The highest BCUT2D eigenvalue weighted by molar-refractivity contribution is 6.03. The lowest BCUT2D eigenvalue weighted by Crippen LogP contribution is -2.53. The molecule has 12 nitrogen and oxygen atoms in total. The third-order valence-electron chi connectivity index (χ3n) is 12.4. The first-order valence-electron chi connectivity index (χ1n) is 22.5. The van der Waals surface area contributed by atoms with Gasteiger partial charge in [-0.3, -0.25) is 4.90 Å². The summed E-state index contributed by atoms with van der Waals surface area (Å²) >= 11 is 0. The van der Waals surface area contributed by atoms with Gasteiger partial charge in [0, 0.05) is 60.8 Å². The molecule has 6 rings (SSSR count). The predicted octanol–water partition coefficient (Wildman–Crippen LogP) is 9.99. The molecule has 0 spiro atoms. The maximum Gasteiger partial charge on any atom is 0.416 e. The molecule has 18 heteroatoms. The molecule has 0 radical (unpaired) electrons. The van der Waals surface area contributed by atoms with Gasteiger partial charge in [0.15, 0.2) is 0 Å². The number of quaternary nitrogens is 1. The van der Waals surface area contributed by atoms with Gasteiger partial charge in [0.25, 0.3) is 0 Å². The van der Waals surface area contributed by atoms with Gasteiger partial charge in [0.2, 0.25) is 0 Å². The molecular weight excluding hydrogens is 893 g/mol. The molecule has 4 aromatic rings. The number of hydrogen-bond donors (Lipinski definition) is 4. The Labute approximate surface area is 392 Å². The highest BCUT2D eigenvalue weighted by atomic mass is 19.4. The smallest absolute Gasteiger partial charge is 0.416 e. The number of benzene rings is 4. The van der Waals surface area contributed by atoms with Gasteiger partial charge in [-0.2, -0.15) is 26.3 Å². The molecule has 2 atom stereocenters. The van der Waals surface area contributed by atoms with E-state index in [0.29, 0.717) is 53.0 Å². The summed E-state index contributed by atoms with van der Waals surface area (Å²) in [7, 11) is 0. The standard InChI is InChI=1S/C50H57F6N7O5/c1-5-67-46(64)42(32(3)60-40-14-9-12-36(30-40)49(51,52)53)44(34-16-20-38(57)21-17-34)59-24-29-63(26-7-8-27-63)28-11-25-61-45(35-18-22-39(58)23-19-35)43(47(65)68-6-2)33(4)62(48(61)66)41-15-10-13-37(31-41)50(54,55)56/h9-10,12-23,30-31,44-45,59H,5-8,11,24-29,57-58H2,1-4H3/p+1/t44-,45-/m1/s1. The van der Waals surface area contributed by atoms with Crippen molar-refractivity contribution in [3.63, 3.8) is 0 Å². The summed E-state index contributed by atoms with van der Waals surface area (Å²) in [5.74, 6) is -1.39. The Kier molecular flexibility index (Phi) is 16.2. The molecule has 0 unspecified atom stereocenters. The van der Waals surface area contributed by atoms with Crippen molar-refractivity contribution < 1.29 is 54.7 Å². The summed E-state index contributed by atoms with van der Waals surface area (Å²) in [6, 6.07) is 20.3. The van der Waals surface area contributed by atoms with Crippen LogP contribution < -0.4 is 27.0 Å². The zero-order valence-electron chi connectivity index (χ0n) is 38.5. The first-order chi connectivity index (χ1) is 32.3. The Bertz CT molecular complexity index is 2490. The number of nitrogen functional groups attached to an aromatic ring is 2. The number of hydrogen-bond acceptors (Lipinski definition) is 9. The van der Waals surface area contributed by atoms with E-state index in [0.717, 1.165) is 55.1 Å². The Balaban J connectivity index is 1.30. The van der Waals surface area contributed by atoms with Gasteiger partial charge in [0.1, 0.15) is 0 Å². The Hall–Kier alpha value is -6.53. The van der Waals surface area contributed by atoms with Gasteiger partial charge in [-0.1, -0.05) is 36.4 Å². The molecule has 68 heavy (non-hydrogen) atoms. The van der Waals surface area contributed by atoms with Crippen LogP contribution in [0.3, 0.4) is 0 Å². The van der Waals surface area contributed by atoms with Crippen molar-refractivity contribution in [2.45, 2.75) is 71.4 Å². The van der Waals surface area contributed by atoms with E-state index >= 15 is 0 Å². The van der Waals surface area contributed by atoms with Crippen LogP contribution in [0.25, 0.3) is 0 Å². The third kappa shape index (κ3) is 11.9. The van der Waals surface area contributed by atoms with E-state index in [2.05, 4.69) is 10.6 Å². The van der Waals surface area contributed by atoms with Gasteiger partial charge in [-0.15, -0.1) is 0 Å². The number of carbonyl (C=O) groups excluding carboxylic acids is 3. The molecule has 0 bridgehead atoms. The van der Waals surface area contributed by atoms with Crippen molar-refractivity contribution in [3.8, 4) is 0 Å². The van der Waals surface area contributed by atoms with Crippen LogP contribution in [0.5, 0.6) is 0 Å². The quantitative estimate of drug-likeness (QED) is 0.0251. The van der Waals surface area contributed by atoms with E-state index in [1.54, 1.807) is 69.3 Å². The molecule has 2 aliphatic rings. The van der Waals surface area contributed by atoms with Crippen molar-refractivity contribution >= 4 is 40.7 Å². The van der Waals surface area contributed by atoms with Crippen LogP contribution >= 0.6 is 0 Å². The maximum atomic E-state index is 14.8. The lowest BCUT2D eigenvalue weighted by molar-refractivity contribution is -0.915. The highest BCUT2D eigenvalue weighted by Crippen LogP contribution is 2.42. The maximum absolute atomic E-state index is 14.8. The van der Waals surface area contributed by atoms with Crippen molar-refractivity contribution in [2.75, 3.05) is 74.2 Å². The largest absolute Gasteiger partial charge is 0.463 e. The number of carbonyl (C=O) groups is 3. The van der Waals surface area contributed by atoms with Crippen molar-refractivity contribution in [3.05, 3.63) is 142 Å². The number of urea groups is 1. The van der Waals surface area contributed by atoms with Gasteiger partial charge < -0.3 is 41.0 Å². The number of allylic oxidation sites excluding steroid dienone is 2. The zero-order valence-corrected chi connectivity index (χ0v) is 38.5. The Morgan fingerprint density at radius 3 is 2.00 bits per heavy atom. The fourth-order valence-corrected chi connectivity index (χ4v) is 9.12. The number of nitrogens with zero attached hydrogens (tertiary/aromatic N) is 3. The molecule has 2 aliphatic heterocycles. The van der Waals surface area contributed by atoms with E-state index in [9.17, 15) is 40.7 Å². The number of amides is 2. The van der Waals surface area contributed by atoms with Crippen molar-refractivity contribution in [1.82, 2.24) is 10.2 Å². The summed E-state index contributed by atoms with van der Waals surface area (Å²) in [4.78, 5) is 45.2. The first-order valence-corrected chi connectivity index (χ1v) is 22.5. The topological polar surface area (TPSA) is 152 Å². The molecule has 0 aromatic heterocycles. The normalized spacial score (nSPS) is 17.2. The van der Waals surface area contributed by atoms with Gasteiger partial charge in [0.05, 0.1) is 79.4 Å². The number of likely N-dealkylation sites (tertiary alicyclic amines) is 1. The second-order valence-corrected chi connectivity index (χ2v) is 17.0. The number of nitrogens with one attached hydrogen (secondary N) is 2. The fourth-order valence-electron chi connectivity index (χ4n) is 9.12. The Morgan fingerprint density at radius 2 is 1.40 bits per heavy atom. The number of esters is 2. The summed E-state index contributed by atoms with van der Waals surface area (Å²) in [5.41, 5.74) is 13.2. The highest BCUT2D eigenvalue weighted by Gasteiger charge is 2.44. The van der Waals surface area contributed by atoms with E-state index < -0.39 is 53.5 Å². The summed E-state index contributed by atoms with van der Waals surface area (Å²) in [6.07, 6.45) is -7.01.